The zero-order chi connectivity index (χ0) is 13.4. The molecule has 0 spiro atoms. The summed E-state index contributed by atoms with van der Waals surface area (Å²) in [7, 11) is 0. The van der Waals surface area contributed by atoms with Gasteiger partial charge in [-0.3, -0.25) is 0 Å². The van der Waals surface area contributed by atoms with Gasteiger partial charge in [0.25, 0.3) is 0 Å². The Morgan fingerprint density at radius 2 is 1.71 bits per heavy atom. The number of hydrogen-bond acceptors (Lipinski definition) is 1. The Morgan fingerprint density at radius 1 is 1.18 bits per heavy atom. The van der Waals surface area contributed by atoms with Gasteiger partial charge in [-0.15, -0.1) is 0 Å². The average molecular weight is 257 g/mol. The highest BCUT2D eigenvalue weighted by molar-refractivity contribution is 5.30. The first-order chi connectivity index (χ1) is 7.64. The highest BCUT2D eigenvalue weighted by Crippen LogP contribution is 2.34. The predicted octanol–water partition coefficient (Wildman–Crippen LogP) is 3.01. The maximum Gasteiger partial charge on any atom is 0.419 e. The van der Waals surface area contributed by atoms with Gasteiger partial charge in [0.15, 0.2) is 11.6 Å². The van der Waals surface area contributed by atoms with Gasteiger partial charge >= 0.3 is 6.18 Å². The van der Waals surface area contributed by atoms with E-state index in [0.717, 1.165) is 0 Å². The van der Waals surface area contributed by atoms with Crippen molar-refractivity contribution in [2.45, 2.75) is 25.6 Å². The Morgan fingerprint density at radius 3 is 2.12 bits per heavy atom. The van der Waals surface area contributed by atoms with Crippen LogP contribution < -0.4 is 5.73 Å². The van der Waals surface area contributed by atoms with Gasteiger partial charge in [0.05, 0.1) is 5.56 Å². The first kappa shape index (κ1) is 13.8. The molecule has 0 saturated heterocycles. The van der Waals surface area contributed by atoms with Crippen molar-refractivity contribution in [1.82, 2.24) is 0 Å². The van der Waals surface area contributed by atoms with Crippen molar-refractivity contribution >= 4 is 0 Å². The zero-order valence-corrected chi connectivity index (χ0v) is 8.71. The standard InChI is InChI=1S/C10H9F6N/c1-4(17)2-5-7(11)3-6(10(14,15)16)9(13)8(5)12/h3-4H,2,17H2,1H3. The topological polar surface area (TPSA) is 26.0 Å². The minimum atomic E-state index is -5.14. The Kier molecular flexibility index (Phi) is 3.71. The molecule has 2 N–H and O–H groups in total. The van der Waals surface area contributed by atoms with Crippen LogP contribution in [-0.4, -0.2) is 6.04 Å². The third kappa shape index (κ3) is 2.91. The number of halogens is 6. The molecule has 1 rings (SSSR count). The normalized spacial score (nSPS) is 13.9. The first-order valence-electron chi connectivity index (χ1n) is 4.63. The molecule has 1 unspecified atom stereocenters. The van der Waals surface area contributed by atoms with Crippen LogP contribution in [0.25, 0.3) is 0 Å². The van der Waals surface area contributed by atoms with Crippen LogP contribution in [0.2, 0.25) is 0 Å². The molecule has 7 heteroatoms. The molecular formula is C10H9F6N. The van der Waals surface area contributed by atoms with Gasteiger partial charge in [-0.1, -0.05) is 0 Å². The number of benzene rings is 1. The molecule has 1 nitrogen and oxygen atoms in total. The third-order valence-corrected chi connectivity index (χ3v) is 2.08. The Bertz CT molecular complexity index is 424. The molecule has 1 aromatic carbocycles. The van der Waals surface area contributed by atoms with Crippen LogP contribution in [0.5, 0.6) is 0 Å². The number of nitrogens with two attached hydrogens (primary N) is 1. The predicted molar refractivity (Wildman–Crippen MR) is 48.7 cm³/mol. The lowest BCUT2D eigenvalue weighted by atomic mass is 10.0. The molecule has 0 aliphatic rings. The molecule has 0 heterocycles. The molecule has 1 aromatic rings. The number of hydrogen-bond donors (Lipinski definition) is 1. The van der Waals surface area contributed by atoms with Crippen molar-refractivity contribution in [1.29, 1.82) is 0 Å². The summed E-state index contributed by atoms with van der Waals surface area (Å²) < 4.78 is 76.2. The van der Waals surface area contributed by atoms with E-state index >= 15 is 0 Å². The SMILES string of the molecule is CC(N)Cc1c(F)cc(C(F)(F)F)c(F)c1F. The van der Waals surface area contributed by atoms with Gasteiger partial charge in [-0.05, 0) is 19.4 Å². The number of rotatable bonds is 2. The van der Waals surface area contributed by atoms with E-state index in [1.807, 2.05) is 0 Å². The fourth-order valence-electron chi connectivity index (χ4n) is 1.35. The Labute approximate surface area is 93.2 Å². The fourth-order valence-corrected chi connectivity index (χ4v) is 1.35. The summed E-state index contributed by atoms with van der Waals surface area (Å²) in [5.74, 6) is -5.39. The van der Waals surface area contributed by atoms with Crippen molar-refractivity contribution in [3.63, 3.8) is 0 Å². The summed E-state index contributed by atoms with van der Waals surface area (Å²) in [6, 6.07) is -0.758. The minimum Gasteiger partial charge on any atom is -0.328 e. The van der Waals surface area contributed by atoms with Crippen molar-refractivity contribution in [2.24, 2.45) is 5.73 Å². The lowest BCUT2D eigenvalue weighted by Crippen LogP contribution is -2.21. The van der Waals surface area contributed by atoms with Gasteiger partial charge < -0.3 is 5.73 Å². The van der Waals surface area contributed by atoms with Crippen LogP contribution in [0.15, 0.2) is 6.07 Å². The summed E-state index contributed by atoms with van der Waals surface area (Å²) in [5.41, 5.74) is 2.53. The van der Waals surface area contributed by atoms with Crippen molar-refractivity contribution in [2.75, 3.05) is 0 Å². The first-order valence-corrected chi connectivity index (χ1v) is 4.63. The molecular weight excluding hydrogens is 248 g/mol. The van der Waals surface area contributed by atoms with E-state index < -0.39 is 40.8 Å². The molecule has 0 saturated carbocycles. The highest BCUT2D eigenvalue weighted by Gasteiger charge is 2.37. The average Bonchev–Trinajstić information content (AvgIpc) is 2.16. The van der Waals surface area contributed by atoms with Crippen LogP contribution in [-0.2, 0) is 12.6 Å². The van der Waals surface area contributed by atoms with E-state index in [1.165, 1.54) is 6.92 Å². The summed E-state index contributed by atoms with van der Waals surface area (Å²) in [5, 5.41) is 0. The quantitative estimate of drug-likeness (QED) is 0.639. The maximum atomic E-state index is 13.2. The molecule has 0 aromatic heterocycles. The maximum absolute atomic E-state index is 13.2. The lowest BCUT2D eigenvalue weighted by Gasteiger charge is -2.13. The molecule has 0 aliphatic carbocycles. The van der Waals surface area contributed by atoms with Crippen molar-refractivity contribution in [3.8, 4) is 0 Å². The smallest absolute Gasteiger partial charge is 0.328 e. The third-order valence-electron chi connectivity index (χ3n) is 2.08. The minimum absolute atomic E-state index is 0.0594. The second kappa shape index (κ2) is 4.56. The van der Waals surface area contributed by atoms with Gasteiger partial charge in [-0.25, -0.2) is 13.2 Å². The van der Waals surface area contributed by atoms with Crippen LogP contribution in [0.1, 0.15) is 18.1 Å². The van der Waals surface area contributed by atoms with E-state index in [1.54, 1.807) is 0 Å². The molecule has 0 aliphatic heterocycles. The molecule has 96 valence electrons. The summed E-state index contributed by atoms with van der Waals surface area (Å²) in [4.78, 5) is 0. The molecule has 0 fully saturated rings. The van der Waals surface area contributed by atoms with Gasteiger partial charge in [0.2, 0.25) is 0 Å². The van der Waals surface area contributed by atoms with Crippen molar-refractivity contribution in [3.05, 3.63) is 34.6 Å². The highest BCUT2D eigenvalue weighted by atomic mass is 19.4. The Hall–Kier alpha value is -1.24. The van der Waals surface area contributed by atoms with Crippen LogP contribution in [0.4, 0.5) is 26.3 Å². The van der Waals surface area contributed by atoms with Crippen LogP contribution >= 0.6 is 0 Å². The van der Waals surface area contributed by atoms with E-state index in [4.69, 9.17) is 5.73 Å². The fraction of sp³-hybridized carbons (Fsp3) is 0.400. The molecule has 1 atom stereocenters. The van der Waals surface area contributed by atoms with Crippen LogP contribution in [0, 0.1) is 17.5 Å². The zero-order valence-electron chi connectivity index (χ0n) is 8.71. The number of alkyl halides is 3. The van der Waals surface area contributed by atoms with Crippen LogP contribution in [0.3, 0.4) is 0 Å². The second-order valence-electron chi connectivity index (χ2n) is 3.69. The van der Waals surface area contributed by atoms with E-state index in [9.17, 15) is 26.3 Å². The molecule has 0 radical (unpaired) electrons. The monoisotopic (exact) mass is 257 g/mol. The molecule has 0 amide bonds. The summed E-state index contributed by atoms with van der Waals surface area (Å²) >= 11 is 0. The van der Waals surface area contributed by atoms with Gasteiger partial charge in [0.1, 0.15) is 5.82 Å². The van der Waals surface area contributed by atoms with E-state index in [0.29, 0.717) is 0 Å². The molecule has 17 heavy (non-hydrogen) atoms. The lowest BCUT2D eigenvalue weighted by molar-refractivity contribution is -0.140. The van der Waals surface area contributed by atoms with E-state index in [-0.39, 0.29) is 12.5 Å². The Balaban J connectivity index is 3.37. The summed E-state index contributed by atoms with van der Waals surface area (Å²) in [6.45, 7) is 1.40. The largest absolute Gasteiger partial charge is 0.419 e. The van der Waals surface area contributed by atoms with E-state index in [2.05, 4.69) is 0 Å². The summed E-state index contributed by atoms with van der Waals surface area (Å²) in [6.07, 6.45) is -5.52. The van der Waals surface area contributed by atoms with Crippen molar-refractivity contribution < 1.29 is 26.3 Å². The molecule has 0 bridgehead atoms. The van der Waals surface area contributed by atoms with Gasteiger partial charge in [0, 0.05) is 11.6 Å². The second-order valence-corrected chi connectivity index (χ2v) is 3.69. The van der Waals surface area contributed by atoms with Gasteiger partial charge in [-0.2, -0.15) is 13.2 Å².